The third kappa shape index (κ3) is 2.49. The third-order valence-corrected chi connectivity index (χ3v) is 5.21. The number of anilines is 1. The molecule has 0 spiro atoms. The van der Waals surface area contributed by atoms with Crippen LogP contribution in [-0.2, 0) is 0 Å². The van der Waals surface area contributed by atoms with Crippen LogP contribution in [0.25, 0.3) is 22.4 Å². The summed E-state index contributed by atoms with van der Waals surface area (Å²) in [6, 6.07) is 3.02. The smallest absolute Gasteiger partial charge is 0.241 e. The maximum atomic E-state index is 6.15. The van der Waals surface area contributed by atoms with E-state index in [1.54, 1.807) is 16.8 Å². The molecular formula is C17H17ClN8. The van der Waals surface area contributed by atoms with E-state index in [0.29, 0.717) is 29.0 Å². The molecule has 4 heterocycles. The highest BCUT2D eigenvalue weighted by atomic mass is 35.5. The SMILES string of the molecule is CN[C@H]1C[C@@H](Nc2ncc3c(-c4cnc5ncc(Cl)n5c4)ccn3n2)C1. The number of fused-ring (bicyclic) bond motifs is 2. The zero-order valence-electron chi connectivity index (χ0n) is 14.1. The summed E-state index contributed by atoms with van der Waals surface area (Å²) in [6.45, 7) is 0. The van der Waals surface area contributed by atoms with Gasteiger partial charge in [-0.15, -0.1) is 5.10 Å². The summed E-state index contributed by atoms with van der Waals surface area (Å²) in [5.41, 5.74) is 2.84. The molecule has 0 atom stereocenters. The fourth-order valence-electron chi connectivity index (χ4n) is 3.35. The van der Waals surface area contributed by atoms with E-state index in [4.69, 9.17) is 11.6 Å². The quantitative estimate of drug-likeness (QED) is 0.574. The number of hydrogen-bond donors (Lipinski definition) is 2. The summed E-state index contributed by atoms with van der Waals surface area (Å²) in [4.78, 5) is 13.0. The molecule has 2 N–H and O–H groups in total. The zero-order valence-corrected chi connectivity index (χ0v) is 14.9. The van der Waals surface area contributed by atoms with Crippen molar-refractivity contribution in [2.24, 2.45) is 0 Å². The van der Waals surface area contributed by atoms with Crippen LogP contribution in [0.4, 0.5) is 5.95 Å². The molecule has 4 aromatic heterocycles. The summed E-state index contributed by atoms with van der Waals surface area (Å²) < 4.78 is 3.59. The van der Waals surface area contributed by atoms with Crippen molar-refractivity contribution in [2.75, 3.05) is 12.4 Å². The van der Waals surface area contributed by atoms with Crippen molar-refractivity contribution in [3.63, 3.8) is 0 Å². The van der Waals surface area contributed by atoms with Gasteiger partial charge < -0.3 is 10.6 Å². The molecule has 1 aliphatic carbocycles. The Morgan fingerprint density at radius 2 is 1.96 bits per heavy atom. The maximum absolute atomic E-state index is 6.15. The lowest BCUT2D eigenvalue weighted by atomic mass is 9.87. The number of nitrogens with zero attached hydrogens (tertiary/aromatic N) is 6. The Morgan fingerprint density at radius 3 is 2.81 bits per heavy atom. The molecule has 4 aromatic rings. The second-order valence-corrected chi connectivity index (χ2v) is 6.92. The summed E-state index contributed by atoms with van der Waals surface area (Å²) in [5.74, 6) is 1.22. The van der Waals surface area contributed by atoms with Gasteiger partial charge in [0.25, 0.3) is 0 Å². The first-order chi connectivity index (χ1) is 12.7. The van der Waals surface area contributed by atoms with Gasteiger partial charge in [-0.05, 0) is 26.0 Å². The molecular weight excluding hydrogens is 352 g/mol. The lowest BCUT2D eigenvalue weighted by Gasteiger charge is -2.35. The highest BCUT2D eigenvalue weighted by molar-refractivity contribution is 6.29. The first-order valence-corrected chi connectivity index (χ1v) is 8.86. The van der Waals surface area contributed by atoms with Gasteiger partial charge >= 0.3 is 0 Å². The molecule has 8 nitrogen and oxygen atoms in total. The average Bonchev–Trinajstić information content (AvgIpc) is 3.21. The summed E-state index contributed by atoms with van der Waals surface area (Å²) in [5, 5.41) is 11.8. The maximum Gasteiger partial charge on any atom is 0.241 e. The van der Waals surface area contributed by atoms with Crippen LogP contribution in [0.15, 0.2) is 37.1 Å². The normalized spacial score (nSPS) is 19.8. The van der Waals surface area contributed by atoms with E-state index < -0.39 is 0 Å². The van der Waals surface area contributed by atoms with Gasteiger partial charge in [0.15, 0.2) is 0 Å². The van der Waals surface area contributed by atoms with Crippen molar-refractivity contribution in [3.05, 3.63) is 42.2 Å². The van der Waals surface area contributed by atoms with Gasteiger partial charge in [-0.2, -0.15) is 0 Å². The van der Waals surface area contributed by atoms with Crippen molar-refractivity contribution in [1.82, 2.24) is 34.3 Å². The van der Waals surface area contributed by atoms with Crippen molar-refractivity contribution in [2.45, 2.75) is 24.9 Å². The summed E-state index contributed by atoms with van der Waals surface area (Å²) in [6.07, 6.45) is 11.2. The fourth-order valence-corrected chi connectivity index (χ4v) is 3.52. The average molecular weight is 369 g/mol. The Balaban J connectivity index is 1.46. The van der Waals surface area contributed by atoms with Gasteiger partial charge in [0.1, 0.15) is 5.15 Å². The highest BCUT2D eigenvalue weighted by Crippen LogP contribution is 2.27. The van der Waals surface area contributed by atoms with Gasteiger partial charge in [-0.1, -0.05) is 11.6 Å². The van der Waals surface area contributed by atoms with Crippen LogP contribution < -0.4 is 10.6 Å². The minimum atomic E-state index is 0.426. The summed E-state index contributed by atoms with van der Waals surface area (Å²) in [7, 11) is 1.99. The van der Waals surface area contributed by atoms with Crippen LogP contribution >= 0.6 is 11.6 Å². The van der Waals surface area contributed by atoms with Crippen LogP contribution in [0.2, 0.25) is 5.15 Å². The fraction of sp³-hybridized carbons (Fsp3) is 0.294. The van der Waals surface area contributed by atoms with E-state index in [1.807, 2.05) is 36.2 Å². The molecule has 0 saturated heterocycles. The van der Waals surface area contributed by atoms with E-state index in [0.717, 1.165) is 29.5 Å². The molecule has 1 saturated carbocycles. The molecule has 0 aromatic carbocycles. The Bertz CT molecular complexity index is 1090. The monoisotopic (exact) mass is 368 g/mol. The molecule has 1 fully saturated rings. The van der Waals surface area contributed by atoms with E-state index >= 15 is 0 Å². The molecule has 9 heteroatoms. The largest absolute Gasteiger partial charge is 0.350 e. The molecule has 0 amide bonds. The lowest BCUT2D eigenvalue weighted by molar-refractivity contribution is 0.325. The van der Waals surface area contributed by atoms with Crippen LogP contribution in [0.5, 0.6) is 0 Å². The Morgan fingerprint density at radius 1 is 1.12 bits per heavy atom. The number of aromatic nitrogens is 6. The van der Waals surface area contributed by atoms with Gasteiger partial charge in [0.2, 0.25) is 11.7 Å². The van der Waals surface area contributed by atoms with Crippen molar-refractivity contribution in [1.29, 1.82) is 0 Å². The van der Waals surface area contributed by atoms with Gasteiger partial charge in [-0.25, -0.2) is 19.5 Å². The molecule has 0 bridgehead atoms. The minimum Gasteiger partial charge on any atom is -0.350 e. The third-order valence-electron chi connectivity index (χ3n) is 4.93. The van der Waals surface area contributed by atoms with Crippen molar-refractivity contribution >= 4 is 28.8 Å². The molecule has 0 unspecified atom stereocenters. The highest BCUT2D eigenvalue weighted by Gasteiger charge is 2.28. The number of imidazole rings is 1. The van der Waals surface area contributed by atoms with E-state index in [2.05, 4.69) is 30.7 Å². The van der Waals surface area contributed by atoms with Crippen LogP contribution in [-0.4, -0.2) is 48.1 Å². The van der Waals surface area contributed by atoms with Gasteiger partial charge in [-0.3, -0.25) is 4.40 Å². The van der Waals surface area contributed by atoms with E-state index in [1.165, 1.54) is 0 Å². The molecule has 5 rings (SSSR count). The second kappa shape index (κ2) is 5.93. The lowest BCUT2D eigenvalue weighted by Crippen LogP contribution is -2.46. The van der Waals surface area contributed by atoms with Crippen LogP contribution in [0.1, 0.15) is 12.8 Å². The van der Waals surface area contributed by atoms with Crippen molar-refractivity contribution in [3.8, 4) is 11.1 Å². The number of nitrogens with one attached hydrogen (secondary N) is 2. The number of hydrogen-bond acceptors (Lipinski definition) is 6. The van der Waals surface area contributed by atoms with Crippen molar-refractivity contribution < 1.29 is 0 Å². The molecule has 0 aliphatic heterocycles. The standard InChI is InChI=1S/C17H17ClN8/c1-19-11-4-12(5-11)23-16-20-7-14-13(2-3-26(14)24-16)10-6-21-17-22-8-15(18)25(17)9-10/h2-3,6-9,11-12,19H,4-5H2,1H3,(H,23,24)/t11-,12+. The first-order valence-electron chi connectivity index (χ1n) is 8.48. The Kier molecular flexibility index (Phi) is 3.54. The first kappa shape index (κ1) is 15.5. The summed E-state index contributed by atoms with van der Waals surface area (Å²) >= 11 is 6.15. The van der Waals surface area contributed by atoms with Crippen LogP contribution in [0, 0.1) is 0 Å². The molecule has 1 aliphatic rings. The predicted octanol–water partition coefficient (Wildman–Crippen LogP) is 2.25. The van der Waals surface area contributed by atoms with E-state index in [9.17, 15) is 0 Å². The Hall–Kier alpha value is -2.71. The number of halogens is 1. The second-order valence-electron chi connectivity index (χ2n) is 6.53. The van der Waals surface area contributed by atoms with Gasteiger partial charge in [0, 0.05) is 41.8 Å². The zero-order chi connectivity index (χ0) is 17.7. The Labute approximate surface area is 154 Å². The topological polar surface area (TPSA) is 84.4 Å². The molecule has 0 radical (unpaired) electrons. The number of rotatable bonds is 4. The van der Waals surface area contributed by atoms with Crippen LogP contribution in [0.3, 0.4) is 0 Å². The minimum absolute atomic E-state index is 0.426. The van der Waals surface area contributed by atoms with Gasteiger partial charge in [0.05, 0.1) is 17.9 Å². The van der Waals surface area contributed by atoms with E-state index in [-0.39, 0.29) is 0 Å². The predicted molar refractivity (Wildman–Crippen MR) is 99.5 cm³/mol. The molecule has 26 heavy (non-hydrogen) atoms. The molecule has 132 valence electrons.